The van der Waals surface area contributed by atoms with Gasteiger partial charge in [-0.05, 0) is 36.4 Å². The first-order valence-electron chi connectivity index (χ1n) is 6.61. The van der Waals surface area contributed by atoms with Crippen LogP contribution in [0.15, 0.2) is 36.4 Å². The van der Waals surface area contributed by atoms with Gasteiger partial charge in [0.1, 0.15) is 18.1 Å². The number of hydrogen-bond donors (Lipinski definition) is 1. The molecule has 0 bridgehead atoms. The number of esters is 1. The summed E-state index contributed by atoms with van der Waals surface area (Å²) in [6.45, 7) is 0.616. The van der Waals surface area contributed by atoms with Gasteiger partial charge in [-0.1, -0.05) is 11.6 Å². The van der Waals surface area contributed by atoms with E-state index < -0.39 is 5.97 Å². The number of halogens is 1. The van der Waals surface area contributed by atoms with Crippen LogP contribution in [0.25, 0.3) is 0 Å². The molecule has 2 aromatic rings. The van der Waals surface area contributed by atoms with Crippen LogP contribution in [-0.4, -0.2) is 17.9 Å². The van der Waals surface area contributed by atoms with Crippen molar-refractivity contribution < 1.29 is 24.1 Å². The zero-order valence-electron chi connectivity index (χ0n) is 11.5. The van der Waals surface area contributed by atoms with Gasteiger partial charge >= 0.3 is 5.97 Å². The predicted molar refractivity (Wildman–Crippen MR) is 79.0 cm³/mol. The monoisotopic (exact) mass is 320 g/mol. The largest absolute Gasteiger partial charge is 0.508 e. The second-order valence-electron chi connectivity index (χ2n) is 4.79. The molecule has 0 amide bonds. The summed E-state index contributed by atoms with van der Waals surface area (Å²) in [4.78, 5) is 12.0. The number of aromatic hydroxyl groups is 1. The third-order valence-corrected chi connectivity index (χ3v) is 3.43. The second kappa shape index (κ2) is 6.25. The predicted octanol–water partition coefficient (Wildman–Crippen LogP) is 3.27. The molecule has 1 aliphatic rings. The van der Waals surface area contributed by atoms with Gasteiger partial charge in [0.05, 0.1) is 12.2 Å². The van der Waals surface area contributed by atoms with Crippen molar-refractivity contribution >= 4 is 17.6 Å². The molecule has 1 heterocycles. The molecule has 0 atom stereocenters. The number of rotatable bonds is 3. The van der Waals surface area contributed by atoms with Crippen molar-refractivity contribution in [1.29, 1.82) is 0 Å². The summed E-state index contributed by atoms with van der Waals surface area (Å²) < 4.78 is 15.9. The van der Waals surface area contributed by atoms with E-state index in [-0.39, 0.29) is 19.1 Å². The molecule has 5 nitrogen and oxygen atoms in total. The van der Waals surface area contributed by atoms with Crippen LogP contribution in [0.4, 0.5) is 0 Å². The molecule has 0 aromatic heterocycles. The van der Waals surface area contributed by atoms with Crippen molar-refractivity contribution in [1.82, 2.24) is 0 Å². The Kier molecular flexibility index (Phi) is 4.18. The van der Waals surface area contributed by atoms with E-state index in [1.165, 1.54) is 24.3 Å². The normalized spacial score (nSPS) is 13.1. The van der Waals surface area contributed by atoms with E-state index in [0.717, 1.165) is 5.56 Å². The Hall–Kier alpha value is -2.24. The highest BCUT2D eigenvalue weighted by atomic mass is 35.5. The number of ether oxygens (including phenoxy) is 3. The average Bonchev–Trinajstić information content (AvgIpc) is 2.52. The van der Waals surface area contributed by atoms with Crippen molar-refractivity contribution in [3.05, 3.63) is 58.1 Å². The van der Waals surface area contributed by atoms with Gasteiger partial charge in [0.2, 0.25) is 0 Å². The molecule has 6 heteroatoms. The first kappa shape index (κ1) is 14.7. The van der Waals surface area contributed by atoms with Crippen LogP contribution < -0.4 is 4.74 Å². The van der Waals surface area contributed by atoms with Crippen LogP contribution in [0.1, 0.15) is 21.5 Å². The zero-order valence-corrected chi connectivity index (χ0v) is 12.3. The molecule has 0 fully saturated rings. The molecule has 1 aliphatic heterocycles. The quantitative estimate of drug-likeness (QED) is 0.879. The number of carbonyl (C=O) groups is 1. The molecule has 0 saturated heterocycles. The Bertz CT molecular complexity index is 696. The lowest BCUT2D eigenvalue weighted by Gasteiger charge is -2.21. The van der Waals surface area contributed by atoms with E-state index in [4.69, 9.17) is 25.8 Å². The van der Waals surface area contributed by atoms with Gasteiger partial charge < -0.3 is 19.3 Å². The lowest BCUT2D eigenvalue weighted by Crippen LogP contribution is -2.14. The minimum atomic E-state index is -0.485. The molecule has 0 spiro atoms. The lowest BCUT2D eigenvalue weighted by atomic mass is 10.1. The number of carbonyl (C=O) groups excluding carboxylic acids is 1. The molecule has 0 aliphatic carbocycles. The minimum absolute atomic E-state index is 0.0442. The van der Waals surface area contributed by atoms with Gasteiger partial charge in [0.15, 0.2) is 6.79 Å². The maximum Gasteiger partial charge on any atom is 0.338 e. The molecule has 0 saturated carbocycles. The van der Waals surface area contributed by atoms with Gasteiger partial charge in [0, 0.05) is 16.1 Å². The zero-order chi connectivity index (χ0) is 15.5. The maximum absolute atomic E-state index is 12.0. The Morgan fingerprint density at radius 1 is 1.27 bits per heavy atom. The summed E-state index contributed by atoms with van der Waals surface area (Å²) in [7, 11) is 0. The Morgan fingerprint density at radius 3 is 2.82 bits per heavy atom. The highest BCUT2D eigenvalue weighted by Gasteiger charge is 2.18. The summed E-state index contributed by atoms with van der Waals surface area (Å²) in [5.74, 6) is 0.254. The fourth-order valence-electron chi connectivity index (χ4n) is 2.19. The van der Waals surface area contributed by atoms with Gasteiger partial charge in [-0.2, -0.15) is 0 Å². The number of phenols is 1. The highest BCUT2D eigenvalue weighted by Crippen LogP contribution is 2.32. The molecule has 22 heavy (non-hydrogen) atoms. The summed E-state index contributed by atoms with van der Waals surface area (Å²) >= 11 is 6.05. The van der Waals surface area contributed by atoms with Gasteiger partial charge in [-0.3, -0.25) is 0 Å². The molecular formula is C16H13ClO5. The molecule has 1 N–H and O–H groups in total. The van der Waals surface area contributed by atoms with E-state index in [2.05, 4.69) is 0 Å². The fourth-order valence-corrected chi connectivity index (χ4v) is 2.45. The standard InChI is InChI=1S/C16H13ClO5/c17-13-5-11-7-20-9-22-15(11)12(6-13)8-21-16(19)10-1-3-14(18)4-2-10/h1-6,18H,7-9H2. The summed E-state index contributed by atoms with van der Waals surface area (Å²) in [6, 6.07) is 9.32. The van der Waals surface area contributed by atoms with Gasteiger partial charge in [-0.15, -0.1) is 0 Å². The van der Waals surface area contributed by atoms with Crippen LogP contribution in [0.5, 0.6) is 11.5 Å². The number of benzene rings is 2. The van der Waals surface area contributed by atoms with Crippen LogP contribution in [0.2, 0.25) is 5.02 Å². The summed E-state index contributed by atoms with van der Waals surface area (Å²) in [5.41, 5.74) is 1.88. The van der Waals surface area contributed by atoms with Crippen molar-refractivity contribution in [3.63, 3.8) is 0 Å². The molecular weight excluding hydrogens is 308 g/mol. The summed E-state index contributed by atoms with van der Waals surface area (Å²) in [5, 5.41) is 9.75. The third kappa shape index (κ3) is 3.16. The molecule has 3 rings (SSSR count). The third-order valence-electron chi connectivity index (χ3n) is 3.21. The SMILES string of the molecule is O=C(OCc1cc(Cl)cc2c1OCOC2)c1ccc(O)cc1. The van der Waals surface area contributed by atoms with E-state index in [0.29, 0.717) is 28.5 Å². The number of fused-ring (bicyclic) bond motifs is 1. The Labute approximate surface area is 132 Å². The van der Waals surface area contributed by atoms with Gasteiger partial charge in [0.25, 0.3) is 0 Å². The average molecular weight is 321 g/mol. The molecule has 0 unspecified atom stereocenters. The lowest BCUT2D eigenvalue weighted by molar-refractivity contribution is -0.0180. The number of hydrogen-bond acceptors (Lipinski definition) is 5. The van der Waals surface area contributed by atoms with Crippen LogP contribution in [-0.2, 0) is 22.7 Å². The minimum Gasteiger partial charge on any atom is -0.508 e. The molecule has 0 radical (unpaired) electrons. The van der Waals surface area contributed by atoms with E-state index in [9.17, 15) is 9.90 Å². The van der Waals surface area contributed by atoms with Crippen molar-refractivity contribution in [2.24, 2.45) is 0 Å². The molecule has 114 valence electrons. The van der Waals surface area contributed by atoms with Crippen molar-refractivity contribution in [3.8, 4) is 11.5 Å². The van der Waals surface area contributed by atoms with Crippen LogP contribution in [0.3, 0.4) is 0 Å². The van der Waals surface area contributed by atoms with Crippen molar-refractivity contribution in [2.75, 3.05) is 6.79 Å². The first-order valence-corrected chi connectivity index (χ1v) is 6.99. The summed E-state index contributed by atoms with van der Waals surface area (Å²) in [6.07, 6.45) is 0. The Morgan fingerprint density at radius 2 is 2.05 bits per heavy atom. The first-order chi connectivity index (χ1) is 10.6. The van der Waals surface area contributed by atoms with Crippen LogP contribution in [0, 0.1) is 0 Å². The smallest absolute Gasteiger partial charge is 0.338 e. The fraction of sp³-hybridized carbons (Fsp3) is 0.188. The van der Waals surface area contributed by atoms with Gasteiger partial charge in [-0.25, -0.2) is 4.79 Å². The molecule has 2 aromatic carbocycles. The van der Waals surface area contributed by atoms with Crippen molar-refractivity contribution in [2.45, 2.75) is 13.2 Å². The number of phenolic OH excluding ortho intramolecular Hbond substituents is 1. The van der Waals surface area contributed by atoms with Crippen LogP contribution >= 0.6 is 11.6 Å². The Balaban J connectivity index is 1.75. The van der Waals surface area contributed by atoms with E-state index in [1.807, 2.05) is 0 Å². The topological polar surface area (TPSA) is 65.0 Å². The van der Waals surface area contributed by atoms with E-state index in [1.54, 1.807) is 12.1 Å². The second-order valence-corrected chi connectivity index (χ2v) is 5.22. The van der Waals surface area contributed by atoms with E-state index >= 15 is 0 Å². The highest BCUT2D eigenvalue weighted by molar-refractivity contribution is 6.30. The maximum atomic E-state index is 12.0.